The topological polar surface area (TPSA) is 48.9 Å². The summed E-state index contributed by atoms with van der Waals surface area (Å²) < 4.78 is 0. The van der Waals surface area contributed by atoms with Crippen molar-refractivity contribution in [3.05, 3.63) is 23.9 Å². The van der Waals surface area contributed by atoms with Crippen molar-refractivity contribution in [3.63, 3.8) is 0 Å². The maximum atomic E-state index is 9.30. The van der Waals surface area contributed by atoms with Crippen LogP contribution < -0.4 is 0 Å². The summed E-state index contributed by atoms with van der Waals surface area (Å²) in [7, 11) is 0. The molecule has 0 amide bonds. The first kappa shape index (κ1) is 6.22. The monoisotopic (exact) mass is 148 g/mol. The van der Waals surface area contributed by atoms with Crippen LogP contribution >= 0.6 is 0 Å². The molecule has 0 aliphatic carbocycles. The molecule has 3 nitrogen and oxygen atoms in total. The first-order valence-corrected chi connectivity index (χ1v) is 3.41. The zero-order chi connectivity index (χ0) is 7.84. The average molecular weight is 148 g/mol. The van der Waals surface area contributed by atoms with Crippen LogP contribution in [0.4, 0.5) is 0 Å². The molecule has 1 aromatic carbocycles. The highest BCUT2D eigenvalue weighted by atomic mass is 16.3. The van der Waals surface area contributed by atoms with Crippen molar-refractivity contribution in [1.29, 1.82) is 0 Å². The third-order valence-corrected chi connectivity index (χ3v) is 1.75. The summed E-state index contributed by atoms with van der Waals surface area (Å²) in [5.41, 5.74) is 1.63. The Kier molecular flexibility index (Phi) is 1.12. The largest absolute Gasteiger partial charge is 0.506 e. The summed E-state index contributed by atoms with van der Waals surface area (Å²) >= 11 is 0. The predicted molar refractivity (Wildman–Crippen MR) is 42.5 cm³/mol. The zero-order valence-corrected chi connectivity index (χ0v) is 6.13. The van der Waals surface area contributed by atoms with Gasteiger partial charge in [-0.25, -0.2) is 0 Å². The zero-order valence-electron chi connectivity index (χ0n) is 6.13. The summed E-state index contributed by atoms with van der Waals surface area (Å²) in [6.07, 6.45) is 0. The molecule has 0 fully saturated rings. The van der Waals surface area contributed by atoms with E-state index in [9.17, 15) is 5.11 Å². The number of aromatic hydroxyl groups is 1. The maximum Gasteiger partial charge on any atom is 0.143 e. The molecule has 2 aromatic rings. The van der Waals surface area contributed by atoms with Crippen molar-refractivity contribution in [2.45, 2.75) is 6.92 Å². The summed E-state index contributed by atoms with van der Waals surface area (Å²) in [6, 6.07) is 5.36. The Balaban J connectivity index is 2.94. The van der Waals surface area contributed by atoms with Gasteiger partial charge in [0.15, 0.2) is 0 Å². The third kappa shape index (κ3) is 0.774. The minimum atomic E-state index is 0.229. The van der Waals surface area contributed by atoms with E-state index in [0.717, 1.165) is 11.1 Å². The molecule has 1 aromatic heterocycles. The summed E-state index contributed by atoms with van der Waals surface area (Å²) in [4.78, 5) is 0. The van der Waals surface area contributed by atoms with Gasteiger partial charge in [0.05, 0.1) is 0 Å². The number of benzene rings is 1. The molecule has 1 heterocycles. The van der Waals surface area contributed by atoms with E-state index in [0.29, 0.717) is 5.52 Å². The minimum absolute atomic E-state index is 0.229. The number of phenolic OH excluding ortho intramolecular Hbond substituents is 1. The van der Waals surface area contributed by atoms with Crippen LogP contribution in [-0.4, -0.2) is 15.3 Å². The number of aromatic amines is 1. The molecule has 0 unspecified atom stereocenters. The number of para-hydroxylation sites is 1. The lowest BCUT2D eigenvalue weighted by atomic mass is 10.2. The molecule has 2 N–H and O–H groups in total. The Morgan fingerprint density at radius 1 is 1.45 bits per heavy atom. The van der Waals surface area contributed by atoms with Crippen LogP contribution in [0, 0.1) is 6.92 Å². The van der Waals surface area contributed by atoms with Gasteiger partial charge in [-0.15, -0.1) is 0 Å². The summed E-state index contributed by atoms with van der Waals surface area (Å²) in [5.74, 6) is 0.229. The number of phenols is 1. The van der Waals surface area contributed by atoms with E-state index < -0.39 is 0 Å². The smallest absolute Gasteiger partial charge is 0.143 e. The summed E-state index contributed by atoms with van der Waals surface area (Å²) in [6.45, 7) is 1.93. The van der Waals surface area contributed by atoms with Crippen LogP contribution in [0.2, 0.25) is 0 Å². The molecule has 0 atom stereocenters. The van der Waals surface area contributed by atoms with Crippen molar-refractivity contribution in [3.8, 4) is 5.75 Å². The van der Waals surface area contributed by atoms with E-state index in [1.54, 1.807) is 12.1 Å². The van der Waals surface area contributed by atoms with Gasteiger partial charge in [-0.3, -0.25) is 5.10 Å². The second kappa shape index (κ2) is 1.99. The van der Waals surface area contributed by atoms with Gasteiger partial charge >= 0.3 is 0 Å². The first-order chi connectivity index (χ1) is 5.29. The predicted octanol–water partition coefficient (Wildman–Crippen LogP) is 1.58. The van der Waals surface area contributed by atoms with Gasteiger partial charge < -0.3 is 5.11 Å². The Hall–Kier alpha value is -1.51. The number of H-pyrrole nitrogens is 1. The van der Waals surface area contributed by atoms with E-state index in [-0.39, 0.29) is 5.75 Å². The number of aryl methyl sites for hydroxylation is 1. The molecule has 0 saturated heterocycles. The highest BCUT2D eigenvalue weighted by Gasteiger charge is 2.03. The van der Waals surface area contributed by atoms with E-state index in [1.807, 2.05) is 13.0 Å². The minimum Gasteiger partial charge on any atom is -0.506 e. The first-order valence-electron chi connectivity index (χ1n) is 3.41. The van der Waals surface area contributed by atoms with Crippen molar-refractivity contribution >= 4 is 10.9 Å². The highest BCUT2D eigenvalue weighted by molar-refractivity contribution is 5.86. The SMILES string of the molecule is Cc1[nH]nc2c(O)cccc12. The van der Waals surface area contributed by atoms with Gasteiger partial charge in [-0.2, -0.15) is 5.10 Å². The average Bonchev–Trinajstić information content (AvgIpc) is 2.35. The van der Waals surface area contributed by atoms with E-state index in [2.05, 4.69) is 10.2 Å². The molecule has 56 valence electrons. The molecule has 11 heavy (non-hydrogen) atoms. The lowest BCUT2D eigenvalue weighted by Crippen LogP contribution is -1.69. The second-order valence-electron chi connectivity index (χ2n) is 2.52. The molecular weight excluding hydrogens is 140 g/mol. The lowest BCUT2D eigenvalue weighted by Gasteiger charge is -1.90. The van der Waals surface area contributed by atoms with Gasteiger partial charge in [-0.1, -0.05) is 12.1 Å². The number of fused-ring (bicyclic) bond motifs is 1. The van der Waals surface area contributed by atoms with Crippen LogP contribution in [0.3, 0.4) is 0 Å². The number of rotatable bonds is 0. The van der Waals surface area contributed by atoms with Crippen LogP contribution in [0.1, 0.15) is 5.69 Å². The molecule has 0 spiro atoms. The second-order valence-corrected chi connectivity index (χ2v) is 2.52. The van der Waals surface area contributed by atoms with Crippen LogP contribution in [0.25, 0.3) is 10.9 Å². The molecule has 0 aliphatic rings. The molecule has 2 rings (SSSR count). The van der Waals surface area contributed by atoms with Crippen LogP contribution in [-0.2, 0) is 0 Å². The Bertz CT molecular complexity index is 392. The number of nitrogens with one attached hydrogen (secondary N) is 1. The number of hydrogen-bond acceptors (Lipinski definition) is 2. The number of hydrogen-bond donors (Lipinski definition) is 2. The van der Waals surface area contributed by atoms with Crippen molar-refractivity contribution in [1.82, 2.24) is 10.2 Å². The summed E-state index contributed by atoms with van der Waals surface area (Å²) in [5, 5.41) is 17.0. The van der Waals surface area contributed by atoms with Gasteiger partial charge in [0.25, 0.3) is 0 Å². The van der Waals surface area contributed by atoms with E-state index >= 15 is 0 Å². The van der Waals surface area contributed by atoms with Gasteiger partial charge in [0.1, 0.15) is 11.3 Å². The van der Waals surface area contributed by atoms with Crippen molar-refractivity contribution in [2.24, 2.45) is 0 Å². The fraction of sp³-hybridized carbons (Fsp3) is 0.125. The molecular formula is C8H8N2O. The van der Waals surface area contributed by atoms with Gasteiger partial charge in [0, 0.05) is 11.1 Å². The third-order valence-electron chi connectivity index (χ3n) is 1.75. The van der Waals surface area contributed by atoms with Gasteiger partial charge in [-0.05, 0) is 13.0 Å². The molecule has 0 radical (unpaired) electrons. The van der Waals surface area contributed by atoms with Crippen molar-refractivity contribution in [2.75, 3.05) is 0 Å². The van der Waals surface area contributed by atoms with Gasteiger partial charge in [0.2, 0.25) is 0 Å². The normalized spacial score (nSPS) is 10.6. The van der Waals surface area contributed by atoms with Crippen molar-refractivity contribution < 1.29 is 5.11 Å². The standard InChI is InChI=1S/C8H8N2O/c1-5-6-3-2-4-7(11)8(6)10-9-5/h2-4,11H,1H3,(H,9,10). The number of aromatic nitrogens is 2. The lowest BCUT2D eigenvalue weighted by molar-refractivity contribution is 0.480. The fourth-order valence-corrected chi connectivity index (χ4v) is 1.15. The van der Waals surface area contributed by atoms with E-state index in [1.165, 1.54) is 0 Å². The van der Waals surface area contributed by atoms with Crippen LogP contribution in [0.15, 0.2) is 18.2 Å². The van der Waals surface area contributed by atoms with Crippen LogP contribution in [0.5, 0.6) is 5.75 Å². The Labute approximate surface area is 63.7 Å². The number of nitrogens with zero attached hydrogens (tertiary/aromatic N) is 1. The van der Waals surface area contributed by atoms with E-state index in [4.69, 9.17) is 0 Å². The Morgan fingerprint density at radius 3 is 3.00 bits per heavy atom. The maximum absolute atomic E-state index is 9.30. The highest BCUT2D eigenvalue weighted by Crippen LogP contribution is 2.23. The molecule has 3 heteroatoms. The fourth-order valence-electron chi connectivity index (χ4n) is 1.15. The quantitative estimate of drug-likeness (QED) is 0.595. The Morgan fingerprint density at radius 2 is 2.27 bits per heavy atom. The molecule has 0 aliphatic heterocycles. The molecule has 0 saturated carbocycles. The molecule has 0 bridgehead atoms.